The fourth-order valence-electron chi connectivity index (χ4n) is 1.94. The normalized spacial score (nSPS) is 21.2. The number of amides is 1. The Hall–Kier alpha value is -1.91. The van der Waals surface area contributed by atoms with Crippen LogP contribution in [-0.4, -0.2) is 29.2 Å². The third-order valence-electron chi connectivity index (χ3n) is 2.95. The van der Waals surface area contributed by atoms with E-state index < -0.39 is 24.1 Å². The lowest BCUT2D eigenvalue weighted by molar-refractivity contribution is -0.150. The molecule has 2 atom stereocenters. The molecule has 0 aliphatic carbocycles. The molecule has 1 aliphatic rings. The Bertz CT molecular complexity index is 597. The molecule has 2 N–H and O–H groups in total. The quantitative estimate of drug-likeness (QED) is 0.876. The molecule has 1 aromatic rings. The fraction of sp³-hybridized carbons (Fsp3) is 0.308. The number of benzene rings is 1. The van der Waals surface area contributed by atoms with Gasteiger partial charge in [-0.25, -0.2) is 4.79 Å². The van der Waals surface area contributed by atoms with Crippen molar-refractivity contribution >= 4 is 33.5 Å². The van der Waals surface area contributed by atoms with Gasteiger partial charge in [0, 0.05) is 4.47 Å². The molecule has 104 valence electrons. The minimum atomic E-state index is -1.07. The van der Waals surface area contributed by atoms with Gasteiger partial charge < -0.3 is 15.2 Å². The highest BCUT2D eigenvalue weighted by atomic mass is 79.9. The average Bonchev–Trinajstić information content (AvgIpc) is 2.89. The molecule has 0 bridgehead atoms. The van der Waals surface area contributed by atoms with Crippen LogP contribution in [0.5, 0.6) is 0 Å². The highest BCUT2D eigenvalue weighted by Gasteiger charge is 2.34. The van der Waals surface area contributed by atoms with E-state index in [-0.39, 0.29) is 0 Å². The summed E-state index contributed by atoms with van der Waals surface area (Å²) in [6.45, 7) is 0. The number of hydrogen-bond acceptors (Lipinski definition) is 4. The first-order valence-electron chi connectivity index (χ1n) is 5.90. The van der Waals surface area contributed by atoms with Gasteiger partial charge in [-0.2, -0.15) is 5.26 Å². The maximum atomic E-state index is 12.0. The molecule has 0 spiro atoms. The number of rotatable bonds is 3. The highest BCUT2D eigenvalue weighted by Crippen LogP contribution is 2.24. The summed E-state index contributed by atoms with van der Waals surface area (Å²) in [4.78, 5) is 22.8. The lowest BCUT2D eigenvalue weighted by Crippen LogP contribution is -2.30. The zero-order valence-corrected chi connectivity index (χ0v) is 11.9. The van der Waals surface area contributed by atoms with Crippen LogP contribution in [0.1, 0.15) is 18.4 Å². The Morgan fingerprint density at radius 3 is 2.70 bits per heavy atom. The van der Waals surface area contributed by atoms with Gasteiger partial charge in [0.25, 0.3) is 5.91 Å². The predicted molar refractivity (Wildman–Crippen MR) is 73.0 cm³/mol. The van der Waals surface area contributed by atoms with Gasteiger partial charge in [0.15, 0.2) is 6.10 Å². The Balaban J connectivity index is 2.08. The molecule has 0 saturated carbocycles. The number of carbonyl (C=O) groups excluding carboxylic acids is 1. The smallest absolute Gasteiger partial charge is 0.332 e. The molecule has 20 heavy (non-hydrogen) atoms. The van der Waals surface area contributed by atoms with E-state index in [0.717, 1.165) is 4.47 Å². The zero-order valence-electron chi connectivity index (χ0n) is 10.3. The Kier molecular flexibility index (Phi) is 4.37. The van der Waals surface area contributed by atoms with Crippen molar-refractivity contribution in [1.82, 2.24) is 0 Å². The van der Waals surface area contributed by atoms with Crippen molar-refractivity contribution in [3.05, 3.63) is 28.2 Å². The minimum absolute atomic E-state index is 0.303. The summed E-state index contributed by atoms with van der Waals surface area (Å²) in [7, 11) is 0. The van der Waals surface area contributed by atoms with E-state index in [1.165, 1.54) is 0 Å². The van der Waals surface area contributed by atoms with Crippen molar-refractivity contribution in [3.8, 4) is 6.07 Å². The van der Waals surface area contributed by atoms with Crippen LogP contribution in [-0.2, 0) is 14.3 Å². The van der Waals surface area contributed by atoms with Crippen LogP contribution in [0.25, 0.3) is 0 Å². The number of carboxylic acids is 1. The van der Waals surface area contributed by atoms with Crippen molar-refractivity contribution in [1.29, 1.82) is 5.26 Å². The number of carbonyl (C=O) groups is 2. The lowest BCUT2D eigenvalue weighted by atomic mass is 10.1. The molecule has 1 amide bonds. The van der Waals surface area contributed by atoms with Gasteiger partial charge in [-0.1, -0.05) is 15.9 Å². The molecule has 0 radical (unpaired) electrons. The summed E-state index contributed by atoms with van der Waals surface area (Å²) in [6.07, 6.45) is -1.10. The van der Waals surface area contributed by atoms with Gasteiger partial charge >= 0.3 is 5.97 Å². The predicted octanol–water partition coefficient (Wildman–Crippen LogP) is 1.89. The van der Waals surface area contributed by atoms with Gasteiger partial charge in [0.05, 0.1) is 11.3 Å². The van der Waals surface area contributed by atoms with Crippen molar-refractivity contribution in [2.24, 2.45) is 0 Å². The van der Waals surface area contributed by atoms with Crippen LogP contribution in [0, 0.1) is 11.3 Å². The van der Waals surface area contributed by atoms with Crippen LogP contribution in [0.4, 0.5) is 5.69 Å². The van der Waals surface area contributed by atoms with Crippen molar-refractivity contribution in [3.63, 3.8) is 0 Å². The number of hydrogen-bond donors (Lipinski definition) is 2. The van der Waals surface area contributed by atoms with E-state index in [0.29, 0.717) is 24.1 Å². The first kappa shape index (κ1) is 14.5. The fourth-order valence-corrected chi connectivity index (χ4v) is 2.30. The van der Waals surface area contributed by atoms with Crippen LogP contribution in [0.15, 0.2) is 22.7 Å². The summed E-state index contributed by atoms with van der Waals surface area (Å²) in [6, 6.07) is 6.86. The van der Waals surface area contributed by atoms with Crippen molar-refractivity contribution < 1.29 is 19.4 Å². The van der Waals surface area contributed by atoms with Crippen molar-refractivity contribution in [2.45, 2.75) is 25.0 Å². The molecule has 6 nitrogen and oxygen atoms in total. The topological polar surface area (TPSA) is 99.4 Å². The van der Waals surface area contributed by atoms with Crippen LogP contribution >= 0.6 is 15.9 Å². The summed E-state index contributed by atoms with van der Waals surface area (Å²) in [5, 5.41) is 20.4. The SMILES string of the molecule is N#Cc1ccc(Br)cc1NC(=O)[C@@H]1CC[C@H](C(=O)O)O1. The number of halogens is 1. The van der Waals surface area contributed by atoms with Gasteiger partial charge in [0.1, 0.15) is 12.2 Å². The first-order chi connectivity index (χ1) is 9.51. The highest BCUT2D eigenvalue weighted by molar-refractivity contribution is 9.10. The molecule has 1 heterocycles. The van der Waals surface area contributed by atoms with E-state index >= 15 is 0 Å². The lowest BCUT2D eigenvalue weighted by Gasteiger charge is -2.12. The second-order valence-corrected chi connectivity index (χ2v) is 5.24. The number of aliphatic carboxylic acids is 1. The van der Waals surface area contributed by atoms with Gasteiger partial charge in [0.2, 0.25) is 0 Å². The maximum Gasteiger partial charge on any atom is 0.332 e. The zero-order chi connectivity index (χ0) is 14.7. The van der Waals surface area contributed by atoms with Crippen LogP contribution in [0.3, 0.4) is 0 Å². The molecule has 2 rings (SSSR count). The molecule has 1 aromatic carbocycles. The number of anilines is 1. The average molecular weight is 339 g/mol. The van der Waals surface area contributed by atoms with E-state index in [1.54, 1.807) is 18.2 Å². The molecule has 1 aliphatic heterocycles. The van der Waals surface area contributed by atoms with Crippen LogP contribution in [0.2, 0.25) is 0 Å². The van der Waals surface area contributed by atoms with E-state index in [4.69, 9.17) is 15.1 Å². The second kappa shape index (κ2) is 6.03. The summed E-state index contributed by atoms with van der Waals surface area (Å²) in [5.41, 5.74) is 0.698. The summed E-state index contributed by atoms with van der Waals surface area (Å²) < 4.78 is 5.88. The molecule has 0 unspecified atom stereocenters. The number of ether oxygens (including phenoxy) is 1. The second-order valence-electron chi connectivity index (χ2n) is 4.32. The summed E-state index contributed by atoms with van der Waals surface area (Å²) in [5.74, 6) is -1.51. The Labute approximate surface area is 123 Å². The standard InChI is InChI=1S/C13H11BrN2O4/c14-8-2-1-7(6-15)9(5-8)16-12(17)10-3-4-11(20-10)13(18)19/h1-2,5,10-11H,3-4H2,(H,16,17)(H,18,19)/t10-,11+/m0/s1. The van der Waals surface area contributed by atoms with Gasteiger partial charge in [-0.05, 0) is 31.0 Å². The number of nitriles is 1. The maximum absolute atomic E-state index is 12.0. The van der Waals surface area contributed by atoms with E-state index in [1.807, 2.05) is 6.07 Å². The molecule has 1 fully saturated rings. The van der Waals surface area contributed by atoms with Crippen LogP contribution < -0.4 is 5.32 Å². The largest absolute Gasteiger partial charge is 0.479 e. The van der Waals surface area contributed by atoms with E-state index in [2.05, 4.69) is 21.2 Å². The van der Waals surface area contributed by atoms with E-state index in [9.17, 15) is 9.59 Å². The van der Waals surface area contributed by atoms with Gasteiger partial charge in [-0.15, -0.1) is 0 Å². The van der Waals surface area contributed by atoms with Gasteiger partial charge in [-0.3, -0.25) is 4.79 Å². The van der Waals surface area contributed by atoms with Crippen molar-refractivity contribution in [2.75, 3.05) is 5.32 Å². The third-order valence-corrected chi connectivity index (χ3v) is 3.44. The Morgan fingerprint density at radius 2 is 2.10 bits per heavy atom. The summed E-state index contributed by atoms with van der Waals surface area (Å²) >= 11 is 3.26. The minimum Gasteiger partial charge on any atom is -0.479 e. The molecule has 7 heteroatoms. The first-order valence-corrected chi connectivity index (χ1v) is 6.69. The molecular formula is C13H11BrN2O4. The number of nitrogens with one attached hydrogen (secondary N) is 1. The third kappa shape index (κ3) is 3.15. The number of nitrogens with zero attached hydrogens (tertiary/aromatic N) is 1. The molecular weight excluding hydrogens is 328 g/mol. The molecule has 1 saturated heterocycles. The monoisotopic (exact) mass is 338 g/mol. The Morgan fingerprint density at radius 1 is 1.40 bits per heavy atom. The molecule has 0 aromatic heterocycles. The number of carboxylic acid groups (broad SMARTS) is 1.